The van der Waals surface area contributed by atoms with Gasteiger partial charge in [-0.3, -0.25) is 14.4 Å². The van der Waals surface area contributed by atoms with Gasteiger partial charge in [-0.25, -0.2) is 4.98 Å². The van der Waals surface area contributed by atoms with Gasteiger partial charge in [0.2, 0.25) is 5.91 Å². The van der Waals surface area contributed by atoms with Crippen LogP contribution in [0.25, 0.3) is 10.2 Å². The van der Waals surface area contributed by atoms with E-state index in [-0.39, 0.29) is 23.5 Å². The molecule has 1 saturated heterocycles. The molecule has 38 heavy (non-hydrogen) atoms. The second kappa shape index (κ2) is 11.8. The second-order valence-electron chi connectivity index (χ2n) is 9.22. The molecular weight excluding hydrogens is 516 g/mol. The minimum atomic E-state index is -0.322. The van der Waals surface area contributed by atoms with Crippen LogP contribution >= 0.6 is 23.1 Å². The lowest BCUT2D eigenvalue weighted by Gasteiger charge is -2.27. The molecule has 0 saturated carbocycles. The van der Waals surface area contributed by atoms with Crippen LogP contribution in [0.3, 0.4) is 0 Å². The van der Waals surface area contributed by atoms with Crippen molar-refractivity contribution in [3.8, 4) is 0 Å². The minimum absolute atomic E-state index is 0.0937. The van der Waals surface area contributed by atoms with E-state index in [1.807, 2.05) is 48.2 Å². The quantitative estimate of drug-likeness (QED) is 0.270. The molecule has 1 aromatic heterocycles. The highest BCUT2D eigenvalue weighted by atomic mass is 32.2. The van der Waals surface area contributed by atoms with E-state index in [9.17, 15) is 14.4 Å². The Kier molecular flexibility index (Phi) is 8.05. The Morgan fingerprint density at radius 2 is 1.61 bits per heavy atom. The number of fused-ring (bicyclic) bond motifs is 1. The maximum atomic E-state index is 13.2. The fourth-order valence-corrected chi connectivity index (χ4v) is 6.25. The molecule has 0 spiro atoms. The van der Waals surface area contributed by atoms with Crippen molar-refractivity contribution in [3.05, 3.63) is 83.4 Å². The van der Waals surface area contributed by atoms with Gasteiger partial charge >= 0.3 is 0 Å². The maximum Gasteiger partial charge on any atom is 0.256 e. The van der Waals surface area contributed by atoms with Gasteiger partial charge in [0, 0.05) is 24.5 Å². The number of nitrogens with one attached hydrogen (secondary N) is 2. The highest BCUT2D eigenvalue weighted by molar-refractivity contribution is 8.01. The number of carbonyl (C=O) groups is 3. The zero-order chi connectivity index (χ0) is 26.5. The lowest BCUT2D eigenvalue weighted by molar-refractivity contribution is -0.113. The van der Waals surface area contributed by atoms with Crippen molar-refractivity contribution in [3.63, 3.8) is 0 Å². The first-order chi connectivity index (χ1) is 18.5. The van der Waals surface area contributed by atoms with Crippen LogP contribution in [0.2, 0.25) is 0 Å². The Balaban J connectivity index is 1.23. The normalized spacial score (nSPS) is 13.3. The summed E-state index contributed by atoms with van der Waals surface area (Å²) in [5, 5.41) is 5.83. The summed E-state index contributed by atoms with van der Waals surface area (Å²) in [6.45, 7) is 3.46. The number of rotatable bonds is 7. The van der Waals surface area contributed by atoms with E-state index in [2.05, 4.69) is 15.6 Å². The standard InChI is InChI=1S/C29H28N4O3S2/c1-19-9-11-20(12-10-19)30-26(34)18-37-29-32-24-14-13-21(17-25(24)38-29)31-27(35)22-7-3-4-8-23(22)28(36)33-15-5-2-6-16-33/h3-4,7-14,17H,2,5-6,15-16,18H2,1H3,(H,30,34)(H,31,35). The predicted octanol–water partition coefficient (Wildman–Crippen LogP) is 6.21. The maximum absolute atomic E-state index is 13.2. The Bertz CT molecular complexity index is 1480. The molecule has 2 heterocycles. The summed E-state index contributed by atoms with van der Waals surface area (Å²) < 4.78 is 1.68. The molecule has 0 bridgehead atoms. The van der Waals surface area contributed by atoms with Gasteiger partial charge in [0.05, 0.1) is 27.1 Å². The first-order valence-electron chi connectivity index (χ1n) is 12.6. The summed E-state index contributed by atoms with van der Waals surface area (Å²) in [5.74, 6) is -0.262. The molecule has 9 heteroatoms. The third-order valence-corrected chi connectivity index (χ3v) is 8.50. The van der Waals surface area contributed by atoms with Crippen LogP contribution in [0.15, 0.2) is 71.1 Å². The summed E-state index contributed by atoms with van der Waals surface area (Å²) in [5.41, 5.74) is 4.12. The summed E-state index contributed by atoms with van der Waals surface area (Å²) in [7, 11) is 0. The molecule has 2 N–H and O–H groups in total. The van der Waals surface area contributed by atoms with E-state index < -0.39 is 0 Å². The number of hydrogen-bond acceptors (Lipinski definition) is 6. The number of nitrogens with zero attached hydrogens (tertiary/aromatic N) is 2. The van der Waals surface area contributed by atoms with E-state index in [0.717, 1.165) is 58.2 Å². The second-order valence-corrected chi connectivity index (χ2v) is 11.5. The van der Waals surface area contributed by atoms with Gasteiger partial charge < -0.3 is 15.5 Å². The molecular formula is C29H28N4O3S2. The third-order valence-electron chi connectivity index (χ3n) is 6.33. The predicted molar refractivity (Wildman–Crippen MR) is 154 cm³/mol. The van der Waals surface area contributed by atoms with Crippen molar-refractivity contribution in [1.82, 2.24) is 9.88 Å². The number of carbonyl (C=O) groups excluding carboxylic acids is 3. The number of anilines is 2. The molecule has 5 rings (SSSR count). The van der Waals surface area contributed by atoms with Gasteiger partial charge in [0.1, 0.15) is 0 Å². The number of thioether (sulfide) groups is 1. The first kappa shape index (κ1) is 25.9. The highest BCUT2D eigenvalue weighted by Crippen LogP contribution is 2.31. The molecule has 194 valence electrons. The van der Waals surface area contributed by atoms with Crippen molar-refractivity contribution in [2.24, 2.45) is 0 Å². The van der Waals surface area contributed by atoms with E-state index in [0.29, 0.717) is 16.8 Å². The van der Waals surface area contributed by atoms with Crippen LogP contribution in [0.5, 0.6) is 0 Å². The number of likely N-dealkylation sites (tertiary alicyclic amines) is 1. The van der Waals surface area contributed by atoms with Gasteiger partial charge in [0.15, 0.2) is 4.34 Å². The first-order valence-corrected chi connectivity index (χ1v) is 14.4. The van der Waals surface area contributed by atoms with Crippen molar-refractivity contribution in [2.45, 2.75) is 30.5 Å². The van der Waals surface area contributed by atoms with E-state index >= 15 is 0 Å². The van der Waals surface area contributed by atoms with Crippen LogP contribution in [-0.4, -0.2) is 46.4 Å². The zero-order valence-corrected chi connectivity index (χ0v) is 22.7. The summed E-state index contributed by atoms with van der Waals surface area (Å²) >= 11 is 2.85. The molecule has 1 aliphatic heterocycles. The van der Waals surface area contributed by atoms with Crippen LogP contribution in [0.1, 0.15) is 45.5 Å². The number of aromatic nitrogens is 1. The van der Waals surface area contributed by atoms with Crippen molar-refractivity contribution < 1.29 is 14.4 Å². The molecule has 1 fully saturated rings. The number of amides is 3. The van der Waals surface area contributed by atoms with Crippen molar-refractivity contribution in [1.29, 1.82) is 0 Å². The van der Waals surface area contributed by atoms with Gasteiger partial charge in [-0.1, -0.05) is 41.6 Å². The van der Waals surface area contributed by atoms with E-state index in [1.165, 1.54) is 23.1 Å². The highest BCUT2D eigenvalue weighted by Gasteiger charge is 2.23. The van der Waals surface area contributed by atoms with Crippen LogP contribution in [-0.2, 0) is 4.79 Å². The SMILES string of the molecule is Cc1ccc(NC(=O)CSc2nc3ccc(NC(=O)c4ccccc4C(=O)N4CCCCC4)cc3s2)cc1. The molecule has 0 aliphatic carbocycles. The lowest BCUT2D eigenvalue weighted by Crippen LogP contribution is -2.36. The Hall–Kier alpha value is -3.69. The van der Waals surface area contributed by atoms with Gasteiger partial charge in [-0.2, -0.15) is 0 Å². The molecule has 0 radical (unpaired) electrons. The van der Waals surface area contributed by atoms with E-state index in [4.69, 9.17) is 0 Å². The molecule has 0 unspecified atom stereocenters. The Morgan fingerprint density at radius 1 is 0.895 bits per heavy atom. The molecule has 7 nitrogen and oxygen atoms in total. The monoisotopic (exact) mass is 544 g/mol. The van der Waals surface area contributed by atoms with Crippen LogP contribution < -0.4 is 10.6 Å². The van der Waals surface area contributed by atoms with Crippen molar-refractivity contribution >= 4 is 62.4 Å². The molecule has 1 aliphatic rings. The Labute approximate surface area is 229 Å². The van der Waals surface area contributed by atoms with Gasteiger partial charge in [-0.15, -0.1) is 11.3 Å². The van der Waals surface area contributed by atoms with E-state index in [1.54, 1.807) is 30.3 Å². The third kappa shape index (κ3) is 6.23. The summed E-state index contributed by atoms with van der Waals surface area (Å²) in [6.07, 6.45) is 3.12. The summed E-state index contributed by atoms with van der Waals surface area (Å²) in [6, 6.07) is 20.2. The lowest BCUT2D eigenvalue weighted by atomic mass is 10.0. The average molecular weight is 545 g/mol. The fourth-order valence-electron chi connectivity index (χ4n) is 4.34. The largest absolute Gasteiger partial charge is 0.339 e. The number of hydrogen-bond donors (Lipinski definition) is 2. The number of aryl methyl sites for hydroxylation is 1. The molecule has 0 atom stereocenters. The minimum Gasteiger partial charge on any atom is -0.339 e. The van der Waals surface area contributed by atoms with Gasteiger partial charge in [0.25, 0.3) is 11.8 Å². The molecule has 3 amide bonds. The van der Waals surface area contributed by atoms with Crippen molar-refractivity contribution in [2.75, 3.05) is 29.5 Å². The number of piperidine rings is 1. The number of benzene rings is 3. The van der Waals surface area contributed by atoms with Gasteiger partial charge in [-0.05, 0) is 68.7 Å². The van der Waals surface area contributed by atoms with Crippen LogP contribution in [0.4, 0.5) is 11.4 Å². The molecule has 3 aromatic carbocycles. The Morgan fingerprint density at radius 3 is 2.37 bits per heavy atom. The smallest absolute Gasteiger partial charge is 0.256 e. The topological polar surface area (TPSA) is 91.4 Å². The summed E-state index contributed by atoms with van der Waals surface area (Å²) in [4.78, 5) is 45.0. The zero-order valence-electron chi connectivity index (χ0n) is 21.0. The number of thiazole rings is 1. The molecule has 4 aromatic rings. The average Bonchev–Trinajstić information content (AvgIpc) is 3.35. The van der Waals surface area contributed by atoms with Crippen LogP contribution in [0, 0.1) is 6.92 Å². The fraction of sp³-hybridized carbons (Fsp3) is 0.241.